The molecular weight excluding hydrogens is 293 g/mol. The van der Waals surface area contributed by atoms with Gasteiger partial charge in [-0.25, -0.2) is 14.2 Å². The third-order valence-corrected chi connectivity index (χ3v) is 3.81. The van der Waals surface area contributed by atoms with Crippen molar-refractivity contribution in [2.75, 3.05) is 0 Å². The molecule has 0 atom stereocenters. The monoisotopic (exact) mass is 299 g/mol. The molecule has 0 aliphatic rings. The highest BCUT2D eigenvalue weighted by molar-refractivity contribution is 7.17. The fourth-order valence-electron chi connectivity index (χ4n) is 1.49. The van der Waals surface area contributed by atoms with E-state index >= 15 is 0 Å². The van der Waals surface area contributed by atoms with Gasteiger partial charge in [-0.3, -0.25) is 4.79 Å². The summed E-state index contributed by atoms with van der Waals surface area (Å²) in [6, 6.07) is 4.32. The summed E-state index contributed by atoms with van der Waals surface area (Å²) in [4.78, 5) is 26.1. The number of hydrogen-bond donors (Lipinski definition) is 1. The first kappa shape index (κ1) is 13.6. The molecule has 98 valence electrons. The highest BCUT2D eigenvalue weighted by atomic mass is 35.5. The number of rotatable bonds is 3. The smallest absolute Gasteiger partial charge is 0.356 e. The van der Waals surface area contributed by atoms with E-state index in [0.717, 1.165) is 11.3 Å². The van der Waals surface area contributed by atoms with E-state index in [-0.39, 0.29) is 26.2 Å². The molecule has 1 N–H and O–H groups in total. The summed E-state index contributed by atoms with van der Waals surface area (Å²) in [5, 5.41) is 9.00. The molecule has 0 fully saturated rings. The van der Waals surface area contributed by atoms with Gasteiger partial charge in [-0.2, -0.15) is 0 Å². The highest BCUT2D eigenvalue weighted by Crippen LogP contribution is 2.32. The number of benzene rings is 1. The van der Waals surface area contributed by atoms with Gasteiger partial charge < -0.3 is 5.11 Å². The van der Waals surface area contributed by atoms with E-state index in [9.17, 15) is 14.0 Å². The van der Waals surface area contributed by atoms with E-state index in [1.54, 1.807) is 0 Å². The van der Waals surface area contributed by atoms with Crippen LogP contribution in [0.15, 0.2) is 18.2 Å². The van der Waals surface area contributed by atoms with Crippen molar-refractivity contribution in [1.82, 2.24) is 4.98 Å². The predicted octanol–water partition coefficient (Wildman–Crippen LogP) is 3.50. The van der Waals surface area contributed by atoms with Crippen LogP contribution in [0.2, 0.25) is 5.02 Å². The number of halogens is 2. The Balaban J connectivity index is 2.64. The molecule has 0 radical (unpaired) electrons. The molecule has 0 amide bonds. The molecule has 0 aliphatic carbocycles. The van der Waals surface area contributed by atoms with Crippen molar-refractivity contribution in [3.63, 3.8) is 0 Å². The van der Waals surface area contributed by atoms with Crippen molar-refractivity contribution < 1.29 is 19.1 Å². The fraction of sp³-hybridized carbons (Fsp3) is 0.0833. The standard InChI is InChI=1S/C12H7ClFNO3S/c1-5(16)10-9(12(17)18)15-11(19-10)6-3-2-4-7(13)8(6)14/h2-4H,1H3,(H,17,18). The van der Waals surface area contributed by atoms with Crippen molar-refractivity contribution in [1.29, 1.82) is 0 Å². The molecule has 0 saturated carbocycles. The van der Waals surface area contributed by atoms with E-state index in [1.807, 2.05) is 0 Å². The van der Waals surface area contributed by atoms with Crippen molar-refractivity contribution in [2.24, 2.45) is 0 Å². The van der Waals surface area contributed by atoms with Crippen molar-refractivity contribution in [3.05, 3.63) is 39.6 Å². The van der Waals surface area contributed by atoms with E-state index < -0.39 is 17.6 Å². The lowest BCUT2D eigenvalue weighted by atomic mass is 10.2. The number of aromatic nitrogens is 1. The van der Waals surface area contributed by atoms with Gasteiger partial charge in [0.15, 0.2) is 17.3 Å². The second-order valence-electron chi connectivity index (χ2n) is 3.66. The number of Topliss-reactive ketones (excluding diaryl/α,β-unsaturated/α-hetero) is 1. The molecule has 4 nitrogen and oxygen atoms in total. The normalized spacial score (nSPS) is 10.5. The summed E-state index contributed by atoms with van der Waals surface area (Å²) in [5.41, 5.74) is -0.292. The molecule has 0 aliphatic heterocycles. The van der Waals surface area contributed by atoms with Crippen LogP contribution in [-0.4, -0.2) is 21.8 Å². The first-order valence-electron chi connectivity index (χ1n) is 5.11. The topological polar surface area (TPSA) is 67.3 Å². The minimum absolute atomic E-state index is 0.0122. The highest BCUT2D eigenvalue weighted by Gasteiger charge is 2.22. The van der Waals surface area contributed by atoms with Gasteiger partial charge in [0.25, 0.3) is 0 Å². The van der Waals surface area contributed by atoms with Crippen molar-refractivity contribution in [3.8, 4) is 10.6 Å². The van der Waals surface area contributed by atoms with E-state index in [4.69, 9.17) is 16.7 Å². The third kappa shape index (κ3) is 2.50. The number of aromatic carboxylic acids is 1. The van der Waals surface area contributed by atoms with Crippen LogP contribution in [0.4, 0.5) is 4.39 Å². The number of ketones is 1. The Labute approximate surface area is 116 Å². The Morgan fingerprint density at radius 1 is 1.42 bits per heavy atom. The number of thiazole rings is 1. The van der Waals surface area contributed by atoms with Gasteiger partial charge in [-0.1, -0.05) is 17.7 Å². The number of carboxylic acid groups (broad SMARTS) is 1. The Bertz CT molecular complexity index is 652. The molecule has 0 bridgehead atoms. The van der Waals surface area contributed by atoms with Crippen LogP contribution in [0.1, 0.15) is 27.1 Å². The average Bonchev–Trinajstić information content (AvgIpc) is 2.77. The van der Waals surface area contributed by atoms with Crippen LogP contribution in [0.3, 0.4) is 0 Å². The Morgan fingerprint density at radius 3 is 2.63 bits per heavy atom. The molecule has 19 heavy (non-hydrogen) atoms. The summed E-state index contributed by atoms with van der Waals surface area (Å²) in [6.45, 7) is 1.23. The molecule has 0 unspecified atom stereocenters. The van der Waals surface area contributed by atoms with Crippen LogP contribution in [-0.2, 0) is 0 Å². The van der Waals surface area contributed by atoms with Gasteiger partial charge in [0, 0.05) is 12.5 Å². The first-order valence-corrected chi connectivity index (χ1v) is 6.30. The van der Waals surface area contributed by atoms with Crippen LogP contribution in [0.25, 0.3) is 10.6 Å². The van der Waals surface area contributed by atoms with E-state index in [1.165, 1.54) is 25.1 Å². The predicted molar refractivity (Wildman–Crippen MR) is 69.5 cm³/mol. The molecule has 2 aromatic rings. The number of carbonyl (C=O) groups excluding carboxylic acids is 1. The number of carbonyl (C=O) groups is 2. The van der Waals surface area contributed by atoms with E-state index in [2.05, 4.69) is 4.98 Å². The summed E-state index contributed by atoms with van der Waals surface area (Å²) in [7, 11) is 0. The molecule has 1 aromatic carbocycles. The van der Waals surface area contributed by atoms with Crippen molar-refractivity contribution in [2.45, 2.75) is 6.92 Å². The summed E-state index contributed by atoms with van der Waals surface area (Å²) in [5.74, 6) is -2.44. The van der Waals surface area contributed by atoms with Gasteiger partial charge in [-0.15, -0.1) is 11.3 Å². The summed E-state index contributed by atoms with van der Waals surface area (Å²) in [6.07, 6.45) is 0. The first-order chi connectivity index (χ1) is 8.91. The Kier molecular flexibility index (Phi) is 3.64. The van der Waals surface area contributed by atoms with Crippen LogP contribution < -0.4 is 0 Å². The molecule has 1 aromatic heterocycles. The van der Waals surface area contributed by atoms with Crippen LogP contribution in [0.5, 0.6) is 0 Å². The largest absolute Gasteiger partial charge is 0.476 e. The van der Waals surface area contributed by atoms with Gasteiger partial charge in [0.05, 0.1) is 5.02 Å². The molecule has 1 heterocycles. The second-order valence-corrected chi connectivity index (χ2v) is 5.07. The summed E-state index contributed by atoms with van der Waals surface area (Å²) < 4.78 is 13.8. The van der Waals surface area contributed by atoms with Gasteiger partial charge in [0.1, 0.15) is 9.88 Å². The van der Waals surface area contributed by atoms with E-state index in [0.29, 0.717) is 0 Å². The van der Waals surface area contributed by atoms with Gasteiger partial charge in [0.2, 0.25) is 0 Å². The van der Waals surface area contributed by atoms with Crippen LogP contribution in [0, 0.1) is 5.82 Å². The number of nitrogens with zero attached hydrogens (tertiary/aromatic N) is 1. The zero-order chi connectivity index (χ0) is 14.2. The number of hydrogen-bond acceptors (Lipinski definition) is 4. The zero-order valence-electron chi connectivity index (χ0n) is 9.61. The summed E-state index contributed by atoms with van der Waals surface area (Å²) >= 11 is 6.49. The molecule has 0 spiro atoms. The quantitative estimate of drug-likeness (QED) is 0.881. The molecule has 2 rings (SSSR count). The molecule has 0 saturated heterocycles. The minimum atomic E-state index is -1.32. The van der Waals surface area contributed by atoms with Gasteiger partial charge in [-0.05, 0) is 12.1 Å². The maximum atomic E-state index is 13.8. The van der Waals surface area contributed by atoms with Crippen molar-refractivity contribution >= 4 is 34.7 Å². The SMILES string of the molecule is CC(=O)c1sc(-c2cccc(Cl)c2F)nc1C(=O)O. The zero-order valence-corrected chi connectivity index (χ0v) is 11.2. The average molecular weight is 300 g/mol. The minimum Gasteiger partial charge on any atom is -0.476 e. The fourth-order valence-corrected chi connectivity index (χ4v) is 2.63. The Morgan fingerprint density at radius 2 is 2.11 bits per heavy atom. The third-order valence-electron chi connectivity index (χ3n) is 2.33. The molecular formula is C12H7ClFNO3S. The lowest BCUT2D eigenvalue weighted by molar-refractivity contribution is 0.0687. The second kappa shape index (κ2) is 5.07. The maximum absolute atomic E-state index is 13.8. The number of carboxylic acids is 1. The lowest BCUT2D eigenvalue weighted by Gasteiger charge is -1.99. The molecule has 7 heteroatoms. The van der Waals surface area contributed by atoms with Gasteiger partial charge >= 0.3 is 5.97 Å². The Hall–Kier alpha value is -1.79. The van der Waals surface area contributed by atoms with Crippen LogP contribution >= 0.6 is 22.9 Å². The lowest BCUT2D eigenvalue weighted by Crippen LogP contribution is -2.03. The maximum Gasteiger partial charge on any atom is 0.356 e.